The topological polar surface area (TPSA) is 117 Å². The fraction of sp³-hybridized carbons (Fsp3) is 0.240. The first-order valence-electron chi connectivity index (χ1n) is 10.8. The van der Waals surface area contributed by atoms with Crippen LogP contribution in [-0.4, -0.2) is 63.4 Å². The molecule has 0 bridgehead atoms. The van der Waals surface area contributed by atoms with Gasteiger partial charge in [-0.3, -0.25) is 9.88 Å². The van der Waals surface area contributed by atoms with Crippen LogP contribution in [0.25, 0.3) is 33.3 Å². The molecule has 0 saturated carbocycles. The number of aliphatic hydroxyl groups excluding tert-OH is 1. The summed E-state index contributed by atoms with van der Waals surface area (Å²) in [6.45, 7) is 2.51. The van der Waals surface area contributed by atoms with E-state index in [0.29, 0.717) is 43.1 Å². The number of nitrogens with zero attached hydrogens (tertiary/aromatic N) is 6. The molecule has 5 rings (SSSR count). The van der Waals surface area contributed by atoms with Gasteiger partial charge in [-0.05, 0) is 29.8 Å². The molecular weight excluding hydrogens is 432 g/mol. The van der Waals surface area contributed by atoms with Crippen molar-refractivity contribution in [1.29, 1.82) is 5.26 Å². The zero-order chi connectivity index (χ0) is 23.5. The second kappa shape index (κ2) is 9.49. The number of hydrogen-bond acceptors (Lipinski definition) is 9. The molecule has 1 aliphatic rings. The number of fused-ring (bicyclic) bond motifs is 1. The van der Waals surface area contributed by atoms with E-state index in [9.17, 15) is 10.4 Å². The number of morpholine rings is 1. The lowest BCUT2D eigenvalue weighted by Crippen LogP contribution is -2.39. The number of methoxy groups -OCH3 is 1. The number of aliphatic hydroxyl groups is 1. The van der Waals surface area contributed by atoms with Gasteiger partial charge in [0.25, 0.3) is 0 Å². The van der Waals surface area contributed by atoms with Crippen molar-refractivity contribution < 1.29 is 14.6 Å². The van der Waals surface area contributed by atoms with Crippen molar-refractivity contribution in [1.82, 2.24) is 24.8 Å². The van der Waals surface area contributed by atoms with Gasteiger partial charge in [0.05, 0.1) is 31.5 Å². The Morgan fingerprint density at radius 2 is 1.88 bits per heavy atom. The van der Waals surface area contributed by atoms with E-state index in [1.807, 2.05) is 29.2 Å². The van der Waals surface area contributed by atoms with Gasteiger partial charge in [0, 0.05) is 53.8 Å². The maximum Gasteiger partial charge on any atom is 0.231 e. The smallest absolute Gasteiger partial charge is 0.231 e. The van der Waals surface area contributed by atoms with Gasteiger partial charge in [0.1, 0.15) is 24.2 Å². The van der Waals surface area contributed by atoms with E-state index in [0.717, 1.165) is 27.6 Å². The van der Waals surface area contributed by atoms with E-state index < -0.39 is 6.23 Å². The summed E-state index contributed by atoms with van der Waals surface area (Å²) >= 11 is 0. The molecule has 3 aromatic heterocycles. The summed E-state index contributed by atoms with van der Waals surface area (Å²) in [7, 11) is 1.49. The second-order valence-electron chi connectivity index (χ2n) is 7.88. The number of rotatable bonds is 5. The van der Waals surface area contributed by atoms with Crippen LogP contribution in [0.5, 0.6) is 5.88 Å². The Hall–Kier alpha value is -3.97. The predicted octanol–water partition coefficient (Wildman–Crippen LogP) is 2.96. The lowest BCUT2D eigenvalue weighted by molar-refractivity contribution is -0.0604. The van der Waals surface area contributed by atoms with Crippen LogP contribution in [0.15, 0.2) is 55.2 Å². The summed E-state index contributed by atoms with van der Waals surface area (Å²) in [6.07, 6.45) is 5.82. The number of benzene rings is 1. The summed E-state index contributed by atoms with van der Waals surface area (Å²) in [5.41, 5.74) is 4.96. The maximum atomic E-state index is 10.9. The predicted molar refractivity (Wildman–Crippen MR) is 125 cm³/mol. The molecule has 1 aliphatic heterocycles. The minimum absolute atomic E-state index is 0.290. The fourth-order valence-electron chi connectivity index (χ4n) is 4.08. The molecule has 1 N–H and O–H groups in total. The van der Waals surface area contributed by atoms with Crippen molar-refractivity contribution in [2.75, 3.05) is 33.4 Å². The van der Waals surface area contributed by atoms with Gasteiger partial charge in [0.2, 0.25) is 5.88 Å². The number of nitriles is 1. The van der Waals surface area contributed by atoms with Crippen LogP contribution < -0.4 is 4.74 Å². The van der Waals surface area contributed by atoms with E-state index in [1.54, 1.807) is 24.7 Å². The van der Waals surface area contributed by atoms with Crippen LogP contribution in [0.1, 0.15) is 17.4 Å². The lowest BCUT2D eigenvalue weighted by atomic mass is 10.0. The molecule has 4 heterocycles. The molecular formula is C25H22N6O3. The summed E-state index contributed by atoms with van der Waals surface area (Å²) in [6, 6.07) is 11.6. The standard InChI is InChI=1S/C25H22N6O3/c1-33-24-17(11-26)8-18(14-28-24)16-2-3-22-21(10-16)23(30-15-29-22)19-9-20(13-27-12-19)25(32)31-4-6-34-7-5-31/h2-3,8-10,12-15,25,32H,4-7H2,1H3. The summed E-state index contributed by atoms with van der Waals surface area (Å²) < 4.78 is 10.5. The summed E-state index contributed by atoms with van der Waals surface area (Å²) in [5, 5.41) is 21.1. The largest absolute Gasteiger partial charge is 0.480 e. The number of hydrogen-bond donors (Lipinski definition) is 1. The first-order valence-corrected chi connectivity index (χ1v) is 10.8. The molecule has 1 atom stereocenters. The molecule has 170 valence electrons. The van der Waals surface area contributed by atoms with Gasteiger partial charge in [-0.2, -0.15) is 5.26 Å². The van der Waals surface area contributed by atoms with Gasteiger partial charge in [-0.15, -0.1) is 0 Å². The molecule has 34 heavy (non-hydrogen) atoms. The number of ether oxygens (including phenoxy) is 2. The Balaban J connectivity index is 1.55. The van der Waals surface area contributed by atoms with E-state index in [2.05, 4.69) is 26.0 Å². The highest BCUT2D eigenvalue weighted by molar-refractivity contribution is 5.94. The first-order chi connectivity index (χ1) is 16.7. The highest BCUT2D eigenvalue weighted by Crippen LogP contribution is 2.32. The Bertz CT molecular complexity index is 1380. The molecule has 0 aliphatic carbocycles. The van der Waals surface area contributed by atoms with Gasteiger partial charge in [-0.1, -0.05) is 6.07 Å². The summed E-state index contributed by atoms with van der Waals surface area (Å²) in [4.78, 5) is 19.5. The molecule has 4 aromatic rings. The van der Waals surface area contributed by atoms with E-state index >= 15 is 0 Å². The van der Waals surface area contributed by atoms with Gasteiger partial charge in [-0.25, -0.2) is 15.0 Å². The molecule has 9 heteroatoms. The zero-order valence-electron chi connectivity index (χ0n) is 18.5. The Morgan fingerprint density at radius 1 is 1.03 bits per heavy atom. The quantitative estimate of drug-likeness (QED) is 0.486. The molecule has 0 radical (unpaired) electrons. The average molecular weight is 454 g/mol. The highest BCUT2D eigenvalue weighted by atomic mass is 16.5. The molecule has 1 fully saturated rings. The average Bonchev–Trinajstić information content (AvgIpc) is 2.92. The van der Waals surface area contributed by atoms with Crippen molar-refractivity contribution in [3.05, 3.63) is 66.4 Å². The number of aromatic nitrogens is 4. The zero-order valence-corrected chi connectivity index (χ0v) is 18.5. The normalized spacial score (nSPS) is 15.1. The number of pyridine rings is 2. The first kappa shape index (κ1) is 21.9. The van der Waals surface area contributed by atoms with Crippen LogP contribution in [0.3, 0.4) is 0 Å². The molecule has 1 aromatic carbocycles. The highest BCUT2D eigenvalue weighted by Gasteiger charge is 2.21. The minimum Gasteiger partial charge on any atom is -0.480 e. The van der Waals surface area contributed by atoms with E-state index in [1.165, 1.54) is 13.4 Å². The van der Waals surface area contributed by atoms with Crippen LogP contribution >= 0.6 is 0 Å². The fourth-order valence-corrected chi connectivity index (χ4v) is 4.08. The Labute approximate surface area is 196 Å². The Morgan fingerprint density at radius 3 is 2.68 bits per heavy atom. The van der Waals surface area contributed by atoms with Gasteiger partial charge >= 0.3 is 0 Å². The van der Waals surface area contributed by atoms with Crippen LogP contribution in [-0.2, 0) is 4.74 Å². The van der Waals surface area contributed by atoms with E-state index in [-0.39, 0.29) is 5.88 Å². The molecule has 0 amide bonds. The monoisotopic (exact) mass is 454 g/mol. The van der Waals surface area contributed by atoms with Crippen molar-refractivity contribution >= 4 is 10.9 Å². The molecule has 1 saturated heterocycles. The van der Waals surface area contributed by atoms with Crippen molar-refractivity contribution in [3.63, 3.8) is 0 Å². The minimum atomic E-state index is -0.769. The Kier molecular flexibility index (Phi) is 6.10. The second-order valence-corrected chi connectivity index (χ2v) is 7.88. The maximum absolute atomic E-state index is 10.9. The van der Waals surface area contributed by atoms with E-state index in [4.69, 9.17) is 9.47 Å². The van der Waals surface area contributed by atoms with Crippen molar-refractivity contribution in [2.24, 2.45) is 0 Å². The molecule has 1 unspecified atom stereocenters. The van der Waals surface area contributed by atoms with Crippen molar-refractivity contribution in [3.8, 4) is 34.3 Å². The SMILES string of the molecule is COc1ncc(-c2ccc3ncnc(-c4cncc(C(O)N5CCOCC5)c4)c3c2)cc1C#N. The van der Waals surface area contributed by atoms with Crippen LogP contribution in [0.2, 0.25) is 0 Å². The summed E-state index contributed by atoms with van der Waals surface area (Å²) in [5.74, 6) is 0.290. The third-order valence-corrected chi connectivity index (χ3v) is 5.86. The van der Waals surface area contributed by atoms with Crippen molar-refractivity contribution in [2.45, 2.75) is 6.23 Å². The van der Waals surface area contributed by atoms with Crippen LogP contribution in [0, 0.1) is 11.3 Å². The molecule has 0 spiro atoms. The third-order valence-electron chi connectivity index (χ3n) is 5.86. The van der Waals surface area contributed by atoms with Gasteiger partial charge < -0.3 is 14.6 Å². The van der Waals surface area contributed by atoms with Gasteiger partial charge in [0.15, 0.2) is 0 Å². The lowest BCUT2D eigenvalue weighted by Gasteiger charge is -2.31. The van der Waals surface area contributed by atoms with Crippen LogP contribution in [0.4, 0.5) is 0 Å². The molecule has 9 nitrogen and oxygen atoms in total. The third kappa shape index (κ3) is 4.18.